The highest BCUT2D eigenvalue weighted by Crippen LogP contribution is 2.22. The summed E-state index contributed by atoms with van der Waals surface area (Å²) in [6.45, 7) is 6.44. The van der Waals surface area contributed by atoms with E-state index in [1.807, 2.05) is 13.8 Å². The lowest BCUT2D eigenvalue weighted by atomic mass is 10.1. The van der Waals surface area contributed by atoms with Crippen LogP contribution in [0.1, 0.15) is 50.7 Å². The van der Waals surface area contributed by atoms with Crippen LogP contribution < -0.4 is 5.32 Å². The first kappa shape index (κ1) is 16.9. The highest BCUT2D eigenvalue weighted by Gasteiger charge is 2.41. The van der Waals surface area contributed by atoms with Crippen molar-refractivity contribution in [1.29, 1.82) is 0 Å². The van der Waals surface area contributed by atoms with E-state index in [0.29, 0.717) is 18.3 Å². The van der Waals surface area contributed by atoms with E-state index in [1.54, 1.807) is 0 Å². The first-order valence-corrected chi connectivity index (χ1v) is 10.3. The van der Waals surface area contributed by atoms with E-state index in [9.17, 15) is 8.42 Å². The molecule has 2 aliphatic heterocycles. The van der Waals surface area contributed by atoms with Crippen LogP contribution in [0.4, 0.5) is 0 Å². The minimum atomic E-state index is -2.98. The zero-order valence-electron chi connectivity index (χ0n) is 13.9. The Balaban J connectivity index is 1.63. The standard InChI is InChI=1S/C15H26N4O3S/c1-11(2)15-17-14(22-18-15)8-16-12-9-23(20,21)10-13(12)19-6-4-3-5-7-19/h11-13,16H,3-10H2,1-2H3. The van der Waals surface area contributed by atoms with Crippen molar-refractivity contribution in [1.82, 2.24) is 20.4 Å². The van der Waals surface area contributed by atoms with Crippen molar-refractivity contribution in [3.8, 4) is 0 Å². The van der Waals surface area contributed by atoms with Crippen LogP contribution in [-0.2, 0) is 16.4 Å². The molecule has 3 rings (SSSR count). The second-order valence-corrected chi connectivity index (χ2v) is 9.08. The van der Waals surface area contributed by atoms with Gasteiger partial charge in [0.15, 0.2) is 15.7 Å². The molecule has 3 heterocycles. The predicted octanol–water partition coefficient (Wildman–Crippen LogP) is 0.934. The molecular weight excluding hydrogens is 316 g/mol. The van der Waals surface area contributed by atoms with E-state index >= 15 is 0 Å². The highest BCUT2D eigenvalue weighted by atomic mass is 32.2. The molecule has 2 unspecified atom stereocenters. The smallest absolute Gasteiger partial charge is 0.240 e. The van der Waals surface area contributed by atoms with Gasteiger partial charge in [0.25, 0.3) is 0 Å². The molecule has 0 radical (unpaired) electrons. The lowest BCUT2D eigenvalue weighted by Gasteiger charge is -2.34. The zero-order valence-corrected chi connectivity index (χ0v) is 14.7. The van der Waals surface area contributed by atoms with Crippen molar-refractivity contribution >= 4 is 9.84 Å². The summed E-state index contributed by atoms with van der Waals surface area (Å²) < 4.78 is 29.4. The van der Waals surface area contributed by atoms with Gasteiger partial charge in [-0.05, 0) is 25.9 Å². The summed E-state index contributed by atoms with van der Waals surface area (Å²) in [5, 5.41) is 7.28. The van der Waals surface area contributed by atoms with Crippen LogP contribution in [0.2, 0.25) is 0 Å². The Morgan fingerprint density at radius 1 is 1.26 bits per heavy atom. The average Bonchev–Trinajstić information content (AvgIpc) is 3.10. The van der Waals surface area contributed by atoms with Crippen molar-refractivity contribution in [2.75, 3.05) is 24.6 Å². The summed E-state index contributed by atoms with van der Waals surface area (Å²) in [5.41, 5.74) is 0. The zero-order chi connectivity index (χ0) is 16.4. The molecule has 2 fully saturated rings. The molecule has 1 N–H and O–H groups in total. The van der Waals surface area contributed by atoms with Gasteiger partial charge in [-0.3, -0.25) is 4.90 Å². The van der Waals surface area contributed by atoms with E-state index in [2.05, 4.69) is 20.4 Å². The number of aromatic nitrogens is 2. The first-order chi connectivity index (χ1) is 10.9. The fourth-order valence-electron chi connectivity index (χ4n) is 3.43. The Morgan fingerprint density at radius 3 is 2.65 bits per heavy atom. The maximum atomic E-state index is 12.1. The van der Waals surface area contributed by atoms with Gasteiger partial charge >= 0.3 is 0 Å². The summed E-state index contributed by atoms with van der Waals surface area (Å²) in [7, 11) is -2.98. The van der Waals surface area contributed by atoms with Crippen LogP contribution in [-0.4, -0.2) is 60.1 Å². The Kier molecular flexibility index (Phi) is 5.03. The molecule has 2 saturated heterocycles. The predicted molar refractivity (Wildman–Crippen MR) is 86.9 cm³/mol. The number of hydrogen-bond donors (Lipinski definition) is 1. The molecule has 0 aromatic carbocycles. The van der Waals surface area contributed by atoms with Crippen molar-refractivity contribution in [2.24, 2.45) is 0 Å². The molecule has 8 heteroatoms. The topological polar surface area (TPSA) is 88.3 Å². The monoisotopic (exact) mass is 342 g/mol. The Labute approximate surface area is 137 Å². The van der Waals surface area contributed by atoms with E-state index < -0.39 is 9.84 Å². The molecule has 1 aromatic heterocycles. The van der Waals surface area contributed by atoms with Gasteiger partial charge in [-0.15, -0.1) is 0 Å². The largest absolute Gasteiger partial charge is 0.338 e. The number of rotatable bonds is 5. The number of piperidine rings is 1. The maximum absolute atomic E-state index is 12.1. The quantitative estimate of drug-likeness (QED) is 0.851. The highest BCUT2D eigenvalue weighted by molar-refractivity contribution is 7.91. The Morgan fingerprint density at radius 2 is 2.00 bits per heavy atom. The fraction of sp³-hybridized carbons (Fsp3) is 0.867. The molecule has 7 nitrogen and oxygen atoms in total. The third-order valence-corrected chi connectivity index (χ3v) is 6.41. The number of hydrogen-bond acceptors (Lipinski definition) is 7. The summed E-state index contributed by atoms with van der Waals surface area (Å²) >= 11 is 0. The SMILES string of the molecule is CC(C)c1noc(CNC2CS(=O)(=O)CC2N2CCCCC2)n1. The van der Waals surface area contributed by atoms with Crippen LogP contribution in [0.3, 0.4) is 0 Å². The molecule has 23 heavy (non-hydrogen) atoms. The van der Waals surface area contributed by atoms with Crippen molar-refractivity contribution < 1.29 is 12.9 Å². The normalized spacial score (nSPS) is 28.5. The van der Waals surface area contributed by atoms with Gasteiger partial charge in [0, 0.05) is 18.0 Å². The van der Waals surface area contributed by atoms with Crippen molar-refractivity contribution in [2.45, 2.75) is 57.7 Å². The fourth-order valence-corrected chi connectivity index (χ4v) is 5.41. The summed E-state index contributed by atoms with van der Waals surface area (Å²) in [6, 6.07) is 0.000269. The molecule has 0 spiro atoms. The van der Waals surface area contributed by atoms with Crippen molar-refractivity contribution in [3.63, 3.8) is 0 Å². The van der Waals surface area contributed by atoms with E-state index in [0.717, 1.165) is 25.9 Å². The van der Waals surface area contributed by atoms with E-state index in [1.165, 1.54) is 6.42 Å². The minimum Gasteiger partial charge on any atom is -0.338 e. The molecule has 0 saturated carbocycles. The van der Waals surface area contributed by atoms with Gasteiger partial charge in [0.2, 0.25) is 5.89 Å². The van der Waals surface area contributed by atoms with Gasteiger partial charge in [-0.2, -0.15) is 4.98 Å². The van der Waals surface area contributed by atoms with Crippen LogP contribution in [0, 0.1) is 0 Å². The second-order valence-electron chi connectivity index (χ2n) is 6.93. The first-order valence-electron chi connectivity index (χ1n) is 8.45. The molecule has 1 aromatic rings. The average molecular weight is 342 g/mol. The van der Waals surface area contributed by atoms with Crippen molar-refractivity contribution in [3.05, 3.63) is 11.7 Å². The maximum Gasteiger partial charge on any atom is 0.240 e. The number of nitrogens with one attached hydrogen (secondary N) is 1. The number of likely N-dealkylation sites (tertiary alicyclic amines) is 1. The molecule has 0 amide bonds. The van der Waals surface area contributed by atoms with Crippen LogP contribution >= 0.6 is 0 Å². The minimum absolute atomic E-state index is 0.0625. The van der Waals surface area contributed by atoms with Gasteiger partial charge < -0.3 is 9.84 Å². The lowest BCUT2D eigenvalue weighted by molar-refractivity contribution is 0.153. The van der Waals surface area contributed by atoms with E-state index in [4.69, 9.17) is 4.52 Å². The van der Waals surface area contributed by atoms with Gasteiger partial charge in [0.05, 0.1) is 18.1 Å². The third-order valence-electron chi connectivity index (χ3n) is 4.70. The Bertz CT molecular complexity index is 622. The number of nitrogens with zero attached hydrogens (tertiary/aromatic N) is 3. The van der Waals surface area contributed by atoms with Crippen LogP contribution in [0.15, 0.2) is 4.52 Å². The van der Waals surface area contributed by atoms with Gasteiger partial charge in [-0.1, -0.05) is 25.4 Å². The summed E-state index contributed by atoms with van der Waals surface area (Å²) in [5.74, 6) is 1.88. The molecular formula is C15H26N4O3S. The van der Waals surface area contributed by atoms with Crippen LogP contribution in [0.5, 0.6) is 0 Å². The van der Waals surface area contributed by atoms with Gasteiger partial charge in [-0.25, -0.2) is 8.42 Å². The van der Waals surface area contributed by atoms with Crippen LogP contribution in [0.25, 0.3) is 0 Å². The Hall–Kier alpha value is -0.990. The summed E-state index contributed by atoms with van der Waals surface area (Å²) in [6.07, 6.45) is 3.56. The van der Waals surface area contributed by atoms with Gasteiger partial charge in [0.1, 0.15) is 0 Å². The molecule has 0 aliphatic carbocycles. The molecule has 2 aliphatic rings. The summed E-state index contributed by atoms with van der Waals surface area (Å²) in [4.78, 5) is 6.67. The lowest BCUT2D eigenvalue weighted by Crippen LogP contribution is -2.50. The van der Waals surface area contributed by atoms with E-state index in [-0.39, 0.29) is 29.5 Å². The molecule has 2 atom stereocenters. The molecule has 0 bridgehead atoms. The second kappa shape index (κ2) is 6.86. The number of sulfone groups is 1. The molecule has 130 valence electrons. The third kappa shape index (κ3) is 4.10.